The van der Waals surface area contributed by atoms with Crippen molar-refractivity contribution in [2.45, 2.75) is 32.6 Å². The molecule has 0 bridgehead atoms. The van der Waals surface area contributed by atoms with E-state index < -0.39 is 0 Å². The maximum atomic E-state index is 13.0. The van der Waals surface area contributed by atoms with Gasteiger partial charge in [0.15, 0.2) is 11.6 Å². The molecule has 0 amide bonds. The van der Waals surface area contributed by atoms with Crippen LogP contribution in [0.25, 0.3) is 0 Å². The lowest BCUT2D eigenvalue weighted by Crippen LogP contribution is -2.30. The Kier molecular flexibility index (Phi) is 5.85. The molecule has 5 heteroatoms. The summed E-state index contributed by atoms with van der Waals surface area (Å²) < 4.78 is 0.813. The highest BCUT2D eigenvalue weighted by Gasteiger charge is 2.32. The number of para-hydroxylation sites is 1. The van der Waals surface area contributed by atoms with Crippen LogP contribution in [0.5, 0.6) is 0 Å². The summed E-state index contributed by atoms with van der Waals surface area (Å²) >= 11 is 2.94. The van der Waals surface area contributed by atoms with Gasteiger partial charge in [0.1, 0.15) is 0 Å². The van der Waals surface area contributed by atoms with E-state index in [-0.39, 0.29) is 18.1 Å². The highest BCUT2D eigenvalue weighted by molar-refractivity contribution is 8.27. The fourth-order valence-electron chi connectivity index (χ4n) is 3.00. The Bertz CT molecular complexity index is 699. The molecule has 2 aliphatic rings. The number of Topliss-reactive ketones (excluding diaryl/α,β-unsaturated/α-hetero) is 2. The maximum Gasteiger partial charge on any atom is 0.200 e. The molecule has 0 aromatic heterocycles. The first-order chi connectivity index (χ1) is 11.7. The van der Waals surface area contributed by atoms with Gasteiger partial charge in [0.05, 0.1) is 16.4 Å². The summed E-state index contributed by atoms with van der Waals surface area (Å²) in [6, 6.07) is 7.61. The van der Waals surface area contributed by atoms with Gasteiger partial charge >= 0.3 is 0 Å². The third kappa shape index (κ3) is 3.62. The van der Waals surface area contributed by atoms with Crippen LogP contribution in [0.2, 0.25) is 0 Å². The van der Waals surface area contributed by atoms with Gasteiger partial charge in [-0.25, -0.2) is 0 Å². The van der Waals surface area contributed by atoms with Crippen molar-refractivity contribution in [3.63, 3.8) is 0 Å². The number of unbranched alkanes of at least 4 members (excludes halogenated alkanes) is 3. The van der Waals surface area contributed by atoms with Crippen molar-refractivity contribution >= 4 is 40.8 Å². The van der Waals surface area contributed by atoms with E-state index in [1.165, 1.54) is 36.4 Å². The predicted octanol–water partition coefficient (Wildman–Crippen LogP) is 5.00. The number of carbonyl (C=O) groups is 2. The van der Waals surface area contributed by atoms with Gasteiger partial charge in [-0.2, -0.15) is 0 Å². The molecule has 0 aliphatic carbocycles. The summed E-state index contributed by atoms with van der Waals surface area (Å²) in [6.07, 6.45) is 4.59. The number of rotatable bonds is 5. The second kappa shape index (κ2) is 8.08. The Morgan fingerprint density at radius 1 is 1.04 bits per heavy atom. The number of thioether (sulfide) groups is 2. The molecule has 1 aromatic carbocycles. The number of anilines is 1. The average molecular weight is 360 g/mol. The Morgan fingerprint density at radius 3 is 2.54 bits per heavy atom. The van der Waals surface area contributed by atoms with E-state index in [0.29, 0.717) is 11.1 Å². The van der Waals surface area contributed by atoms with Crippen molar-refractivity contribution in [3.8, 4) is 0 Å². The molecule has 3 rings (SSSR count). The average Bonchev–Trinajstić information content (AvgIpc) is 3.08. The lowest BCUT2D eigenvalue weighted by molar-refractivity contribution is -0.114. The third-order valence-corrected chi connectivity index (χ3v) is 6.35. The van der Waals surface area contributed by atoms with Crippen LogP contribution < -0.4 is 4.90 Å². The first-order valence-electron chi connectivity index (χ1n) is 8.37. The molecule has 2 aliphatic heterocycles. The van der Waals surface area contributed by atoms with Gasteiger partial charge in [-0.3, -0.25) is 9.59 Å². The molecule has 1 aromatic rings. The van der Waals surface area contributed by atoms with E-state index >= 15 is 0 Å². The molecule has 0 saturated carbocycles. The normalized spacial score (nSPS) is 17.5. The van der Waals surface area contributed by atoms with E-state index in [2.05, 4.69) is 11.8 Å². The SMILES string of the molecule is CCCCCCN1CC(=O)C(=C2SC=CS2)C(=O)c2ccccc21. The molecule has 0 N–H and O–H groups in total. The van der Waals surface area contributed by atoms with Crippen LogP contribution in [0.15, 0.2) is 44.9 Å². The Hall–Kier alpha value is -1.46. The van der Waals surface area contributed by atoms with Gasteiger partial charge in [-0.15, -0.1) is 0 Å². The number of benzene rings is 1. The fourth-order valence-corrected chi connectivity index (χ4v) is 4.90. The molecule has 0 saturated heterocycles. The molecule has 3 nitrogen and oxygen atoms in total. The van der Waals surface area contributed by atoms with Crippen LogP contribution in [-0.2, 0) is 4.79 Å². The molecule has 0 atom stereocenters. The zero-order chi connectivity index (χ0) is 16.9. The quantitative estimate of drug-likeness (QED) is 0.420. The Balaban J connectivity index is 1.92. The molecule has 0 spiro atoms. The third-order valence-electron chi connectivity index (χ3n) is 4.22. The number of nitrogens with zero attached hydrogens (tertiary/aromatic N) is 1. The van der Waals surface area contributed by atoms with Gasteiger partial charge in [0.2, 0.25) is 0 Å². The summed E-state index contributed by atoms with van der Waals surface area (Å²) in [5.74, 6) is -0.198. The van der Waals surface area contributed by atoms with Gasteiger partial charge in [0.25, 0.3) is 0 Å². The lowest BCUT2D eigenvalue weighted by atomic mass is 10.0. The second-order valence-electron chi connectivity index (χ2n) is 5.92. The summed E-state index contributed by atoms with van der Waals surface area (Å²) in [4.78, 5) is 27.9. The number of hydrogen-bond donors (Lipinski definition) is 0. The van der Waals surface area contributed by atoms with Gasteiger partial charge in [0, 0.05) is 17.8 Å². The fraction of sp³-hybridized carbons (Fsp3) is 0.368. The number of fused-ring (bicyclic) bond motifs is 1. The number of ketones is 2. The predicted molar refractivity (Wildman–Crippen MR) is 103 cm³/mol. The molecular formula is C19H21NO2S2. The summed E-state index contributed by atoms with van der Waals surface area (Å²) in [5.41, 5.74) is 1.90. The van der Waals surface area contributed by atoms with Crippen molar-refractivity contribution in [2.24, 2.45) is 0 Å². The van der Waals surface area contributed by atoms with Crippen molar-refractivity contribution in [1.29, 1.82) is 0 Å². The first-order valence-corrected chi connectivity index (χ1v) is 10.1. The van der Waals surface area contributed by atoms with Crippen LogP contribution in [0.4, 0.5) is 5.69 Å². The van der Waals surface area contributed by atoms with Crippen molar-refractivity contribution in [2.75, 3.05) is 18.0 Å². The number of hydrogen-bond acceptors (Lipinski definition) is 5. The number of carbonyl (C=O) groups excluding carboxylic acids is 2. The molecule has 0 unspecified atom stereocenters. The minimum absolute atomic E-state index is 0.0645. The largest absolute Gasteiger partial charge is 0.363 e. The Morgan fingerprint density at radius 2 is 1.79 bits per heavy atom. The lowest BCUT2D eigenvalue weighted by Gasteiger charge is -2.23. The van der Waals surface area contributed by atoms with E-state index in [4.69, 9.17) is 0 Å². The summed E-state index contributed by atoms with van der Waals surface area (Å²) in [6.45, 7) is 3.29. The van der Waals surface area contributed by atoms with Crippen LogP contribution in [0.1, 0.15) is 43.0 Å². The van der Waals surface area contributed by atoms with Crippen LogP contribution >= 0.6 is 23.5 Å². The summed E-state index contributed by atoms with van der Waals surface area (Å²) in [5, 5.41) is 3.85. The van der Waals surface area contributed by atoms with Crippen LogP contribution in [0.3, 0.4) is 0 Å². The molecule has 0 radical (unpaired) electrons. The maximum absolute atomic E-state index is 13.0. The Labute approximate surface area is 151 Å². The van der Waals surface area contributed by atoms with E-state index in [0.717, 1.165) is 29.3 Å². The van der Waals surface area contributed by atoms with E-state index in [9.17, 15) is 9.59 Å². The zero-order valence-corrected chi connectivity index (χ0v) is 15.4. The zero-order valence-electron chi connectivity index (χ0n) is 13.8. The topological polar surface area (TPSA) is 37.4 Å². The standard InChI is InChI=1S/C19H21NO2S2/c1-2-3-4-7-10-20-13-16(21)17(19-23-11-12-24-19)18(22)14-8-5-6-9-15(14)20/h5-6,8-9,11-12H,2-4,7,10,13H2,1H3. The molecule has 2 heterocycles. The van der Waals surface area contributed by atoms with Gasteiger partial charge < -0.3 is 4.90 Å². The van der Waals surface area contributed by atoms with E-state index in [1.54, 1.807) is 0 Å². The van der Waals surface area contributed by atoms with Gasteiger partial charge in [-0.05, 0) is 29.4 Å². The summed E-state index contributed by atoms with van der Waals surface area (Å²) in [7, 11) is 0. The molecule has 126 valence electrons. The van der Waals surface area contributed by atoms with Crippen molar-refractivity contribution in [3.05, 3.63) is 50.5 Å². The molecular weight excluding hydrogens is 338 g/mol. The van der Waals surface area contributed by atoms with Gasteiger partial charge in [-0.1, -0.05) is 61.8 Å². The highest BCUT2D eigenvalue weighted by atomic mass is 32.2. The van der Waals surface area contributed by atoms with Crippen molar-refractivity contribution < 1.29 is 9.59 Å². The van der Waals surface area contributed by atoms with Crippen LogP contribution in [-0.4, -0.2) is 24.7 Å². The van der Waals surface area contributed by atoms with Crippen molar-refractivity contribution in [1.82, 2.24) is 0 Å². The highest BCUT2D eigenvalue weighted by Crippen LogP contribution is 2.42. The van der Waals surface area contributed by atoms with E-state index in [1.807, 2.05) is 35.1 Å². The minimum atomic E-state index is -0.134. The molecule has 24 heavy (non-hydrogen) atoms. The van der Waals surface area contributed by atoms with Crippen LogP contribution in [0, 0.1) is 0 Å². The minimum Gasteiger partial charge on any atom is -0.363 e. The monoisotopic (exact) mass is 359 g/mol. The second-order valence-corrected chi connectivity index (χ2v) is 8.01. The smallest absolute Gasteiger partial charge is 0.200 e. The first kappa shape index (κ1) is 17.4. The molecule has 0 fully saturated rings.